The van der Waals surface area contributed by atoms with Gasteiger partial charge >= 0.3 is 0 Å². The quantitative estimate of drug-likeness (QED) is 0.671. The summed E-state index contributed by atoms with van der Waals surface area (Å²) in [5.74, 6) is 0.555. The molecule has 0 radical (unpaired) electrons. The highest BCUT2D eigenvalue weighted by atomic mass is 14.9. The molecule has 1 unspecified atom stereocenters. The maximum Gasteiger partial charge on any atom is 0.0488 e. The van der Waals surface area contributed by atoms with Crippen LogP contribution in [0.5, 0.6) is 0 Å². The summed E-state index contributed by atoms with van der Waals surface area (Å²) in [6.45, 7) is 21.3. The lowest BCUT2D eigenvalue weighted by molar-refractivity contribution is 0.381. The molecule has 0 aliphatic carbocycles. The van der Waals surface area contributed by atoms with Gasteiger partial charge in [-0.05, 0) is 24.7 Å². The summed E-state index contributed by atoms with van der Waals surface area (Å²) < 4.78 is 0. The molecule has 0 heterocycles. The molecular weight excluding hydrogens is 182 g/mol. The Hall–Kier alpha value is -0.720. The van der Waals surface area contributed by atoms with Gasteiger partial charge in [-0.2, -0.15) is 0 Å². The minimum absolute atomic E-state index is 0.292. The average Bonchev–Trinajstić information content (AvgIpc) is 1.95. The zero-order valence-corrected chi connectivity index (χ0v) is 11.3. The number of hydrogen-bond acceptors (Lipinski definition) is 1. The Bertz CT molecular complexity index is 230. The third-order valence-corrected chi connectivity index (χ3v) is 2.30. The standard InChI is InChI=1S/C14H27N/c1-10(2)13(11(3)4)15-12(5)9-14(6,7)8/h11,13,15H,1,5,9H2,2-4,6-8H3. The average molecular weight is 209 g/mol. The van der Waals surface area contributed by atoms with Crippen LogP contribution >= 0.6 is 0 Å². The Kier molecular flexibility index (Phi) is 5.13. The van der Waals surface area contributed by atoms with Crippen molar-refractivity contribution < 1.29 is 0 Å². The summed E-state index contributed by atoms with van der Waals surface area (Å²) in [5, 5.41) is 3.48. The second kappa shape index (κ2) is 5.39. The lowest BCUT2D eigenvalue weighted by Gasteiger charge is -2.28. The molecule has 0 fully saturated rings. The summed E-state index contributed by atoms with van der Waals surface area (Å²) >= 11 is 0. The predicted octanol–water partition coefficient (Wildman–Crippen LogP) is 4.13. The molecule has 0 bridgehead atoms. The third-order valence-electron chi connectivity index (χ3n) is 2.30. The van der Waals surface area contributed by atoms with E-state index in [9.17, 15) is 0 Å². The maximum atomic E-state index is 4.09. The maximum absolute atomic E-state index is 4.09. The van der Waals surface area contributed by atoms with E-state index in [-0.39, 0.29) is 0 Å². The SMILES string of the molecule is C=C(CC(C)(C)C)NC(C(=C)C)C(C)C. The van der Waals surface area contributed by atoms with Crippen molar-refractivity contribution in [3.63, 3.8) is 0 Å². The van der Waals surface area contributed by atoms with Gasteiger partial charge in [0, 0.05) is 11.7 Å². The van der Waals surface area contributed by atoms with E-state index in [1.165, 1.54) is 5.57 Å². The van der Waals surface area contributed by atoms with Crippen LogP contribution in [0.25, 0.3) is 0 Å². The van der Waals surface area contributed by atoms with Crippen LogP contribution in [0.3, 0.4) is 0 Å². The van der Waals surface area contributed by atoms with Crippen molar-refractivity contribution in [2.24, 2.45) is 11.3 Å². The Labute approximate surface area is 95.7 Å². The molecule has 0 aliphatic rings. The predicted molar refractivity (Wildman–Crippen MR) is 69.8 cm³/mol. The van der Waals surface area contributed by atoms with E-state index in [4.69, 9.17) is 0 Å². The van der Waals surface area contributed by atoms with Gasteiger partial charge in [-0.1, -0.05) is 53.3 Å². The van der Waals surface area contributed by atoms with Crippen LogP contribution in [-0.4, -0.2) is 6.04 Å². The van der Waals surface area contributed by atoms with E-state index in [0.29, 0.717) is 17.4 Å². The molecule has 1 nitrogen and oxygen atoms in total. The number of nitrogens with one attached hydrogen (secondary N) is 1. The summed E-state index contributed by atoms with van der Waals surface area (Å²) in [6.07, 6.45) is 1.00. The lowest BCUT2D eigenvalue weighted by atomic mass is 9.89. The first kappa shape index (κ1) is 14.3. The first-order valence-corrected chi connectivity index (χ1v) is 5.73. The van der Waals surface area contributed by atoms with Gasteiger partial charge in [0.1, 0.15) is 0 Å². The summed E-state index contributed by atoms with van der Waals surface area (Å²) in [6, 6.07) is 0.347. The van der Waals surface area contributed by atoms with Crippen LogP contribution in [0, 0.1) is 11.3 Å². The summed E-state index contributed by atoms with van der Waals surface area (Å²) in [7, 11) is 0. The molecule has 15 heavy (non-hydrogen) atoms. The number of allylic oxidation sites excluding steroid dienone is 1. The molecule has 0 saturated heterocycles. The molecule has 0 aromatic rings. The van der Waals surface area contributed by atoms with Crippen LogP contribution in [0.4, 0.5) is 0 Å². The second-order valence-corrected chi connectivity index (χ2v) is 6.05. The van der Waals surface area contributed by atoms with Crippen LogP contribution in [0.1, 0.15) is 48.0 Å². The smallest absolute Gasteiger partial charge is 0.0488 e. The Balaban J connectivity index is 4.31. The van der Waals surface area contributed by atoms with Crippen molar-refractivity contribution in [2.75, 3.05) is 0 Å². The molecule has 1 N–H and O–H groups in total. The minimum atomic E-state index is 0.292. The van der Waals surface area contributed by atoms with Gasteiger partial charge in [-0.15, -0.1) is 0 Å². The normalized spacial score (nSPS) is 13.8. The lowest BCUT2D eigenvalue weighted by Crippen LogP contribution is -2.34. The van der Waals surface area contributed by atoms with E-state index in [0.717, 1.165) is 12.1 Å². The van der Waals surface area contributed by atoms with Crippen molar-refractivity contribution in [3.05, 3.63) is 24.4 Å². The second-order valence-electron chi connectivity index (χ2n) is 6.05. The summed E-state index contributed by atoms with van der Waals surface area (Å²) in [5.41, 5.74) is 2.59. The minimum Gasteiger partial charge on any atom is -0.382 e. The van der Waals surface area contributed by atoms with Crippen molar-refractivity contribution in [2.45, 2.75) is 54.0 Å². The molecule has 1 heteroatoms. The van der Waals surface area contributed by atoms with Crippen LogP contribution in [-0.2, 0) is 0 Å². The highest BCUT2D eigenvalue weighted by molar-refractivity contribution is 5.09. The van der Waals surface area contributed by atoms with Gasteiger partial charge in [0.25, 0.3) is 0 Å². The highest BCUT2D eigenvalue weighted by Crippen LogP contribution is 2.23. The molecule has 0 rings (SSSR count). The Morgan fingerprint density at radius 1 is 1.20 bits per heavy atom. The first-order valence-electron chi connectivity index (χ1n) is 5.73. The molecule has 0 saturated carbocycles. The number of hydrogen-bond donors (Lipinski definition) is 1. The van der Waals surface area contributed by atoms with E-state index < -0.39 is 0 Å². The first-order chi connectivity index (χ1) is 6.63. The van der Waals surface area contributed by atoms with Crippen LogP contribution < -0.4 is 5.32 Å². The molecule has 0 aromatic heterocycles. The monoisotopic (exact) mass is 209 g/mol. The van der Waals surface area contributed by atoms with Gasteiger partial charge in [0.05, 0.1) is 0 Å². The molecule has 0 spiro atoms. The van der Waals surface area contributed by atoms with Gasteiger partial charge < -0.3 is 5.32 Å². The van der Waals surface area contributed by atoms with E-state index in [1.807, 2.05) is 0 Å². The molecule has 0 amide bonds. The van der Waals surface area contributed by atoms with Gasteiger partial charge in [0.2, 0.25) is 0 Å². The molecule has 0 aromatic carbocycles. The van der Waals surface area contributed by atoms with Gasteiger partial charge in [-0.25, -0.2) is 0 Å². The van der Waals surface area contributed by atoms with Crippen molar-refractivity contribution in [1.82, 2.24) is 5.32 Å². The highest BCUT2D eigenvalue weighted by Gasteiger charge is 2.17. The fourth-order valence-electron chi connectivity index (χ4n) is 1.77. The Morgan fingerprint density at radius 2 is 1.67 bits per heavy atom. The molecule has 0 aliphatic heterocycles. The zero-order chi connectivity index (χ0) is 12.2. The van der Waals surface area contributed by atoms with E-state index >= 15 is 0 Å². The number of rotatable bonds is 5. The zero-order valence-electron chi connectivity index (χ0n) is 11.3. The largest absolute Gasteiger partial charge is 0.382 e. The van der Waals surface area contributed by atoms with Crippen molar-refractivity contribution >= 4 is 0 Å². The van der Waals surface area contributed by atoms with E-state index in [2.05, 4.69) is 60.0 Å². The topological polar surface area (TPSA) is 12.0 Å². The van der Waals surface area contributed by atoms with Crippen LogP contribution in [0.2, 0.25) is 0 Å². The van der Waals surface area contributed by atoms with Gasteiger partial charge in [-0.3, -0.25) is 0 Å². The fourth-order valence-corrected chi connectivity index (χ4v) is 1.77. The Morgan fingerprint density at radius 3 is 1.93 bits per heavy atom. The third kappa shape index (κ3) is 6.38. The molecular formula is C14H27N. The van der Waals surface area contributed by atoms with E-state index in [1.54, 1.807) is 0 Å². The molecule has 88 valence electrons. The fraction of sp³-hybridized carbons (Fsp3) is 0.714. The van der Waals surface area contributed by atoms with Crippen molar-refractivity contribution in [3.8, 4) is 0 Å². The van der Waals surface area contributed by atoms with Crippen LogP contribution in [0.15, 0.2) is 24.4 Å². The van der Waals surface area contributed by atoms with Crippen molar-refractivity contribution in [1.29, 1.82) is 0 Å². The molecule has 1 atom stereocenters. The van der Waals surface area contributed by atoms with Gasteiger partial charge in [0.15, 0.2) is 0 Å². The summed E-state index contributed by atoms with van der Waals surface area (Å²) in [4.78, 5) is 0.